The second-order valence-corrected chi connectivity index (χ2v) is 3.68. The maximum absolute atomic E-state index is 11.2. The lowest BCUT2D eigenvalue weighted by molar-refractivity contribution is -0.127. The number of carbonyl (C=O) groups is 1. The van der Waals surface area contributed by atoms with Crippen LogP contribution in [0.1, 0.15) is 39.0 Å². The summed E-state index contributed by atoms with van der Waals surface area (Å²) >= 11 is 0. The predicted octanol–water partition coefficient (Wildman–Crippen LogP) is 2.07. The summed E-state index contributed by atoms with van der Waals surface area (Å²) in [6.07, 6.45) is 6.03. The summed E-state index contributed by atoms with van der Waals surface area (Å²) in [7, 11) is 0. The van der Waals surface area contributed by atoms with E-state index in [1.807, 2.05) is 4.90 Å². The lowest BCUT2D eigenvalue weighted by atomic mass is 10.0. The normalized spacial score (nSPS) is 22.9. The van der Waals surface area contributed by atoms with Crippen LogP contribution in [-0.2, 0) is 4.79 Å². The van der Waals surface area contributed by atoms with E-state index in [9.17, 15) is 4.79 Å². The van der Waals surface area contributed by atoms with Gasteiger partial charge in [-0.05, 0) is 32.1 Å². The Morgan fingerprint density at radius 1 is 1.25 bits per heavy atom. The Morgan fingerprint density at radius 3 is 2.75 bits per heavy atom. The van der Waals surface area contributed by atoms with Crippen LogP contribution < -0.4 is 0 Å². The average Bonchev–Trinajstić information content (AvgIpc) is 2.49. The molecule has 1 aliphatic carbocycles. The first-order valence-corrected chi connectivity index (χ1v) is 4.78. The molecule has 0 radical (unpaired) electrons. The van der Waals surface area contributed by atoms with Crippen LogP contribution in [0.3, 0.4) is 0 Å². The molecule has 0 atom stereocenters. The number of hydrogen-bond acceptors (Lipinski definition) is 1. The van der Waals surface area contributed by atoms with Gasteiger partial charge in [-0.15, -0.1) is 0 Å². The van der Waals surface area contributed by atoms with Crippen molar-refractivity contribution in [3.8, 4) is 0 Å². The molecule has 2 rings (SSSR count). The summed E-state index contributed by atoms with van der Waals surface area (Å²) in [5.74, 6) is 0.226. The Kier molecular flexibility index (Phi) is 1.91. The van der Waals surface area contributed by atoms with Crippen molar-refractivity contribution in [1.82, 2.24) is 4.90 Å². The smallest absolute Gasteiger partial charge is 0.223 e. The number of carbonyl (C=O) groups excluding carboxylic acids is 1. The highest BCUT2D eigenvalue weighted by molar-refractivity contribution is 5.75. The average molecular weight is 165 g/mol. The van der Waals surface area contributed by atoms with Crippen LogP contribution in [0.5, 0.6) is 0 Å². The maximum atomic E-state index is 11.2. The van der Waals surface area contributed by atoms with Gasteiger partial charge in [0.05, 0.1) is 0 Å². The van der Waals surface area contributed by atoms with Gasteiger partial charge in [0.2, 0.25) is 5.91 Å². The number of allylic oxidation sites excluding steroid dienone is 2. The first kappa shape index (κ1) is 7.84. The summed E-state index contributed by atoms with van der Waals surface area (Å²) in [5.41, 5.74) is 2.91. The molecule has 2 heteroatoms. The zero-order valence-corrected chi connectivity index (χ0v) is 7.60. The first-order valence-electron chi connectivity index (χ1n) is 4.78. The third-order valence-corrected chi connectivity index (χ3v) is 2.87. The van der Waals surface area contributed by atoms with Gasteiger partial charge in [0.15, 0.2) is 0 Å². The van der Waals surface area contributed by atoms with Crippen LogP contribution in [0.25, 0.3) is 0 Å². The SMILES string of the molecule is CC(=O)N1CCCC2=C1CCC2. The van der Waals surface area contributed by atoms with E-state index in [0.29, 0.717) is 0 Å². The molecule has 0 fully saturated rings. The molecule has 0 saturated carbocycles. The van der Waals surface area contributed by atoms with Crippen molar-refractivity contribution in [2.75, 3.05) is 6.54 Å². The molecular formula is C10H15NO. The summed E-state index contributed by atoms with van der Waals surface area (Å²) < 4.78 is 0. The van der Waals surface area contributed by atoms with Crippen LogP contribution in [0, 0.1) is 0 Å². The van der Waals surface area contributed by atoms with Gasteiger partial charge in [0.25, 0.3) is 0 Å². The molecule has 0 unspecified atom stereocenters. The van der Waals surface area contributed by atoms with Crippen LogP contribution >= 0.6 is 0 Å². The molecule has 0 aromatic carbocycles. The third-order valence-electron chi connectivity index (χ3n) is 2.87. The molecule has 0 saturated heterocycles. The molecule has 12 heavy (non-hydrogen) atoms. The molecule has 2 nitrogen and oxygen atoms in total. The molecule has 0 spiro atoms. The maximum Gasteiger partial charge on any atom is 0.223 e. The van der Waals surface area contributed by atoms with Crippen molar-refractivity contribution in [2.45, 2.75) is 39.0 Å². The summed E-state index contributed by atoms with van der Waals surface area (Å²) in [4.78, 5) is 13.2. The Bertz CT molecular complexity index is 242. The second kappa shape index (κ2) is 2.92. The van der Waals surface area contributed by atoms with Crippen molar-refractivity contribution in [3.63, 3.8) is 0 Å². The quantitative estimate of drug-likeness (QED) is 0.538. The molecule has 1 aliphatic heterocycles. The van der Waals surface area contributed by atoms with E-state index in [2.05, 4.69) is 0 Å². The van der Waals surface area contributed by atoms with Crippen LogP contribution in [0.4, 0.5) is 0 Å². The fraction of sp³-hybridized carbons (Fsp3) is 0.700. The Labute approximate surface area is 73.2 Å². The Hall–Kier alpha value is -0.790. The number of rotatable bonds is 0. The highest BCUT2D eigenvalue weighted by Gasteiger charge is 2.25. The van der Waals surface area contributed by atoms with Crippen molar-refractivity contribution in [1.29, 1.82) is 0 Å². The van der Waals surface area contributed by atoms with Gasteiger partial charge in [-0.1, -0.05) is 5.57 Å². The van der Waals surface area contributed by atoms with Crippen molar-refractivity contribution in [3.05, 3.63) is 11.3 Å². The molecule has 0 aromatic heterocycles. The summed E-state index contributed by atoms with van der Waals surface area (Å²) in [5, 5.41) is 0. The van der Waals surface area contributed by atoms with Gasteiger partial charge < -0.3 is 4.90 Å². The van der Waals surface area contributed by atoms with E-state index >= 15 is 0 Å². The van der Waals surface area contributed by atoms with Crippen molar-refractivity contribution in [2.24, 2.45) is 0 Å². The Balaban J connectivity index is 2.24. The Morgan fingerprint density at radius 2 is 2.00 bits per heavy atom. The monoisotopic (exact) mass is 165 g/mol. The fourth-order valence-electron chi connectivity index (χ4n) is 2.32. The largest absolute Gasteiger partial charge is 0.316 e. The third kappa shape index (κ3) is 1.15. The topological polar surface area (TPSA) is 20.3 Å². The lowest BCUT2D eigenvalue weighted by Crippen LogP contribution is -2.31. The fourth-order valence-corrected chi connectivity index (χ4v) is 2.32. The second-order valence-electron chi connectivity index (χ2n) is 3.68. The molecular weight excluding hydrogens is 150 g/mol. The number of nitrogens with zero attached hydrogens (tertiary/aromatic N) is 1. The van der Waals surface area contributed by atoms with E-state index in [1.54, 1.807) is 12.5 Å². The molecule has 0 N–H and O–H groups in total. The van der Waals surface area contributed by atoms with Gasteiger partial charge in [-0.25, -0.2) is 0 Å². The molecule has 0 bridgehead atoms. The molecule has 2 aliphatic rings. The van der Waals surface area contributed by atoms with Crippen LogP contribution in [-0.4, -0.2) is 17.4 Å². The van der Waals surface area contributed by atoms with E-state index in [-0.39, 0.29) is 5.91 Å². The van der Waals surface area contributed by atoms with Crippen LogP contribution in [0.2, 0.25) is 0 Å². The van der Waals surface area contributed by atoms with Crippen molar-refractivity contribution >= 4 is 5.91 Å². The summed E-state index contributed by atoms with van der Waals surface area (Å²) in [6, 6.07) is 0. The van der Waals surface area contributed by atoms with E-state index < -0.39 is 0 Å². The molecule has 1 heterocycles. The van der Waals surface area contributed by atoms with Crippen LogP contribution in [0.15, 0.2) is 11.3 Å². The van der Waals surface area contributed by atoms with Gasteiger partial charge in [0.1, 0.15) is 0 Å². The van der Waals surface area contributed by atoms with E-state index in [0.717, 1.165) is 13.0 Å². The van der Waals surface area contributed by atoms with Crippen molar-refractivity contribution < 1.29 is 4.79 Å². The number of hydrogen-bond donors (Lipinski definition) is 0. The first-order chi connectivity index (χ1) is 5.79. The van der Waals surface area contributed by atoms with E-state index in [1.165, 1.54) is 31.4 Å². The highest BCUT2D eigenvalue weighted by atomic mass is 16.2. The molecule has 0 aromatic rings. The standard InChI is InChI=1S/C10H15NO/c1-8(12)11-7-3-5-9-4-2-6-10(9)11/h2-7H2,1H3. The minimum absolute atomic E-state index is 0.226. The summed E-state index contributed by atoms with van der Waals surface area (Å²) in [6.45, 7) is 2.63. The molecule has 1 amide bonds. The highest BCUT2D eigenvalue weighted by Crippen LogP contribution is 2.35. The lowest BCUT2D eigenvalue weighted by Gasteiger charge is -2.28. The molecule has 66 valence electrons. The van der Waals surface area contributed by atoms with Gasteiger partial charge in [-0.2, -0.15) is 0 Å². The minimum atomic E-state index is 0.226. The predicted molar refractivity (Wildman–Crippen MR) is 47.5 cm³/mol. The zero-order valence-electron chi connectivity index (χ0n) is 7.60. The van der Waals surface area contributed by atoms with Gasteiger partial charge in [-0.3, -0.25) is 4.79 Å². The van der Waals surface area contributed by atoms with Gasteiger partial charge in [0, 0.05) is 19.2 Å². The minimum Gasteiger partial charge on any atom is -0.316 e. The van der Waals surface area contributed by atoms with E-state index in [4.69, 9.17) is 0 Å². The van der Waals surface area contributed by atoms with Gasteiger partial charge >= 0.3 is 0 Å². The zero-order chi connectivity index (χ0) is 8.55. The number of amides is 1.